The zero-order valence-corrected chi connectivity index (χ0v) is 19.3. The molecular weight excluding hydrogens is 470 g/mol. The van der Waals surface area contributed by atoms with E-state index in [-0.39, 0.29) is 15.7 Å². The number of amides is 1. The Labute approximate surface area is 202 Å². The summed E-state index contributed by atoms with van der Waals surface area (Å²) in [5.74, 6) is 0.451. The summed E-state index contributed by atoms with van der Waals surface area (Å²) in [6, 6.07) is 13.9. The van der Waals surface area contributed by atoms with Crippen LogP contribution in [0.5, 0.6) is 5.88 Å². The van der Waals surface area contributed by atoms with Crippen LogP contribution in [-0.4, -0.2) is 42.7 Å². The third-order valence-corrected chi connectivity index (χ3v) is 6.17. The second kappa shape index (κ2) is 8.91. The lowest BCUT2D eigenvalue weighted by Gasteiger charge is -2.09. The number of anilines is 1. The second-order valence-electron chi connectivity index (χ2n) is 7.46. The fourth-order valence-electron chi connectivity index (χ4n) is 3.36. The molecule has 0 aliphatic heterocycles. The van der Waals surface area contributed by atoms with Crippen LogP contribution in [-0.2, 0) is 0 Å². The average molecular weight is 488 g/mol. The Morgan fingerprint density at radius 1 is 1.09 bits per heavy atom. The van der Waals surface area contributed by atoms with Gasteiger partial charge in [0.15, 0.2) is 11.5 Å². The number of pyridine rings is 1. The number of carbonyl (C=O) groups excluding carboxylic acids is 1. The highest BCUT2D eigenvalue weighted by Gasteiger charge is 2.20. The number of aryl methyl sites for hydroxylation is 1. The number of fused-ring (bicyclic) bond motifs is 1. The van der Waals surface area contributed by atoms with E-state index >= 15 is 0 Å². The Hall–Kier alpha value is -4.71. The van der Waals surface area contributed by atoms with E-state index in [1.807, 2.05) is 31.2 Å². The summed E-state index contributed by atoms with van der Waals surface area (Å²) in [5, 5.41) is 18.6. The number of aromatic nitrogens is 5. The van der Waals surface area contributed by atoms with Gasteiger partial charge in [-0.15, -0.1) is 0 Å². The van der Waals surface area contributed by atoms with Crippen LogP contribution in [0.2, 0.25) is 0 Å². The topological polar surface area (TPSA) is 138 Å². The van der Waals surface area contributed by atoms with Crippen molar-refractivity contribution in [2.24, 2.45) is 0 Å². The number of methoxy groups -OCH3 is 1. The molecule has 35 heavy (non-hydrogen) atoms. The highest BCUT2D eigenvalue weighted by molar-refractivity contribution is 7.17. The van der Waals surface area contributed by atoms with Crippen molar-refractivity contribution in [2.75, 3.05) is 12.4 Å². The number of thiophene rings is 1. The first-order valence-electron chi connectivity index (χ1n) is 10.3. The van der Waals surface area contributed by atoms with Crippen LogP contribution < -0.4 is 10.1 Å². The van der Waals surface area contributed by atoms with Crippen LogP contribution in [0.4, 0.5) is 10.8 Å². The van der Waals surface area contributed by atoms with Crippen molar-refractivity contribution < 1.29 is 14.5 Å². The number of carbonyl (C=O) groups is 1. The zero-order chi connectivity index (χ0) is 24.5. The maximum absolute atomic E-state index is 12.9. The van der Waals surface area contributed by atoms with E-state index in [0.717, 1.165) is 22.6 Å². The molecule has 12 heteroatoms. The van der Waals surface area contributed by atoms with Crippen molar-refractivity contribution in [3.05, 3.63) is 81.5 Å². The molecule has 5 rings (SSSR count). The van der Waals surface area contributed by atoms with Gasteiger partial charge >= 0.3 is 5.00 Å². The normalized spacial score (nSPS) is 10.9. The van der Waals surface area contributed by atoms with Gasteiger partial charge in [-0.1, -0.05) is 29.0 Å². The van der Waals surface area contributed by atoms with E-state index in [4.69, 9.17) is 9.72 Å². The van der Waals surface area contributed by atoms with E-state index in [1.54, 1.807) is 29.2 Å². The van der Waals surface area contributed by atoms with Crippen LogP contribution in [0.15, 0.2) is 60.9 Å². The van der Waals surface area contributed by atoms with Crippen LogP contribution >= 0.6 is 11.3 Å². The Kier molecular flexibility index (Phi) is 5.63. The van der Waals surface area contributed by atoms with Crippen LogP contribution in [0, 0.1) is 17.0 Å². The quantitative estimate of drug-likeness (QED) is 0.274. The Morgan fingerprint density at radius 3 is 2.54 bits per heavy atom. The number of nitrogens with zero attached hydrogens (tertiary/aromatic N) is 6. The third kappa shape index (κ3) is 4.29. The molecule has 0 radical (unpaired) electrons. The predicted octanol–water partition coefficient (Wildman–Crippen LogP) is 4.42. The van der Waals surface area contributed by atoms with E-state index in [1.165, 1.54) is 19.2 Å². The summed E-state index contributed by atoms with van der Waals surface area (Å²) in [6.45, 7) is 1.99. The molecule has 4 heterocycles. The van der Waals surface area contributed by atoms with E-state index in [9.17, 15) is 14.9 Å². The fraction of sp³-hybridized carbons (Fsp3) is 0.0870. The van der Waals surface area contributed by atoms with E-state index in [0.29, 0.717) is 28.3 Å². The maximum Gasteiger partial charge on any atom is 0.324 e. The van der Waals surface area contributed by atoms with Crippen molar-refractivity contribution >= 4 is 39.1 Å². The molecule has 0 atom stereocenters. The smallest absolute Gasteiger partial charge is 0.324 e. The van der Waals surface area contributed by atoms with Gasteiger partial charge in [-0.05, 0) is 31.2 Å². The third-order valence-electron chi connectivity index (χ3n) is 5.14. The van der Waals surface area contributed by atoms with Gasteiger partial charge in [0.25, 0.3) is 5.91 Å². The molecule has 11 nitrogen and oxygen atoms in total. The first-order chi connectivity index (χ1) is 16.9. The molecule has 0 spiro atoms. The number of nitro groups is 1. The van der Waals surface area contributed by atoms with Crippen molar-refractivity contribution in [3.8, 4) is 23.0 Å². The average Bonchev–Trinajstić information content (AvgIpc) is 3.53. The lowest BCUT2D eigenvalue weighted by atomic mass is 10.2. The van der Waals surface area contributed by atoms with Gasteiger partial charge in [0.1, 0.15) is 5.82 Å². The van der Waals surface area contributed by atoms with Gasteiger partial charge in [-0.2, -0.15) is 5.10 Å². The van der Waals surface area contributed by atoms with Crippen molar-refractivity contribution in [2.45, 2.75) is 6.92 Å². The molecule has 1 N–H and O–H groups in total. The molecule has 0 saturated heterocycles. The van der Waals surface area contributed by atoms with Gasteiger partial charge in [-0.25, -0.2) is 19.6 Å². The number of ether oxygens (including phenoxy) is 1. The molecule has 5 aromatic rings. The van der Waals surface area contributed by atoms with Gasteiger partial charge in [0.05, 0.1) is 34.2 Å². The predicted molar refractivity (Wildman–Crippen MR) is 130 cm³/mol. The summed E-state index contributed by atoms with van der Waals surface area (Å²) in [4.78, 5) is 37.0. The summed E-state index contributed by atoms with van der Waals surface area (Å²) in [6.07, 6.45) is 3.14. The SMILES string of the molecule is COc1ccc(-c2nc(NC(=O)c3ccc([N+](=O)[O-])s3)c3cnn(-c4ccc(C)cc4)c3n2)cn1. The summed E-state index contributed by atoms with van der Waals surface area (Å²) in [7, 11) is 1.52. The minimum atomic E-state index is -0.537. The van der Waals surface area contributed by atoms with Crippen LogP contribution in [0.1, 0.15) is 15.2 Å². The zero-order valence-electron chi connectivity index (χ0n) is 18.5. The van der Waals surface area contributed by atoms with Gasteiger partial charge in [0, 0.05) is 23.9 Å². The second-order valence-corrected chi connectivity index (χ2v) is 8.53. The largest absolute Gasteiger partial charge is 0.481 e. The Balaban J connectivity index is 1.62. The highest BCUT2D eigenvalue weighted by Crippen LogP contribution is 2.29. The summed E-state index contributed by atoms with van der Waals surface area (Å²) in [5.41, 5.74) is 2.96. The van der Waals surface area contributed by atoms with Crippen LogP contribution in [0.25, 0.3) is 28.1 Å². The molecule has 0 fully saturated rings. The number of benzene rings is 1. The Bertz CT molecular complexity index is 1560. The van der Waals surface area contributed by atoms with E-state index < -0.39 is 10.8 Å². The van der Waals surface area contributed by atoms with Gasteiger partial charge in [0.2, 0.25) is 5.88 Å². The molecule has 0 aliphatic rings. The molecule has 174 valence electrons. The highest BCUT2D eigenvalue weighted by atomic mass is 32.1. The summed E-state index contributed by atoms with van der Waals surface area (Å²) >= 11 is 0.783. The summed E-state index contributed by atoms with van der Waals surface area (Å²) < 4.78 is 6.78. The molecule has 1 amide bonds. The van der Waals surface area contributed by atoms with Crippen molar-refractivity contribution in [1.82, 2.24) is 24.7 Å². The van der Waals surface area contributed by atoms with Gasteiger partial charge in [-0.3, -0.25) is 14.9 Å². The maximum atomic E-state index is 12.9. The molecule has 0 bridgehead atoms. The minimum Gasteiger partial charge on any atom is -0.481 e. The van der Waals surface area contributed by atoms with Crippen molar-refractivity contribution in [3.63, 3.8) is 0 Å². The van der Waals surface area contributed by atoms with Crippen LogP contribution in [0.3, 0.4) is 0 Å². The van der Waals surface area contributed by atoms with Crippen molar-refractivity contribution in [1.29, 1.82) is 0 Å². The molecule has 4 aromatic heterocycles. The lowest BCUT2D eigenvalue weighted by Crippen LogP contribution is -2.12. The minimum absolute atomic E-state index is 0.125. The van der Waals surface area contributed by atoms with E-state index in [2.05, 4.69) is 20.4 Å². The number of hydrogen-bond acceptors (Lipinski definition) is 9. The molecular formula is C23H17N7O4S. The Morgan fingerprint density at radius 2 is 1.89 bits per heavy atom. The monoisotopic (exact) mass is 487 g/mol. The molecule has 0 aliphatic carbocycles. The van der Waals surface area contributed by atoms with Gasteiger partial charge < -0.3 is 10.1 Å². The fourth-order valence-corrected chi connectivity index (χ4v) is 4.07. The molecule has 0 unspecified atom stereocenters. The first-order valence-corrected chi connectivity index (χ1v) is 11.1. The number of nitrogens with one attached hydrogen (secondary N) is 1. The first kappa shape index (κ1) is 22.1. The molecule has 0 saturated carbocycles. The standard InChI is InChI=1S/C23H17N7O4S/c1-13-3-6-15(7-4-13)29-22-16(12-25-29)21(28-23(31)17-8-10-19(35-17)30(32)33)26-20(27-22)14-5-9-18(34-2)24-11-14/h3-12H,1-2H3,(H,26,27,28,31). The number of hydrogen-bond donors (Lipinski definition) is 1. The molecule has 1 aromatic carbocycles. The lowest BCUT2D eigenvalue weighted by molar-refractivity contribution is -0.380. The number of rotatable bonds is 6.